The highest BCUT2D eigenvalue weighted by atomic mass is 31.2. The van der Waals surface area contributed by atoms with Gasteiger partial charge in [0.2, 0.25) is 0 Å². The molecule has 0 rings (SSSR count). The smallest absolute Gasteiger partial charge is 0.330 e. The fraction of sp³-hybridized carbons (Fsp3) is 1.00. The zero-order valence-corrected chi connectivity index (χ0v) is 30.5. The molecule has 0 radical (unpaired) electrons. The quantitative estimate of drug-likeness (QED) is 0.0305. The number of phosphoric acid groups is 2. The third kappa shape index (κ3) is 57.8. The predicted molar refractivity (Wildman–Crippen MR) is 185 cm³/mol. The van der Waals surface area contributed by atoms with Crippen molar-refractivity contribution < 1.29 is 37.8 Å². The number of phosphoric ester groups is 2. The molecule has 12 heteroatoms. The average Bonchev–Trinajstić information content (AvgIpc) is 2.96. The number of hydrogen-bond acceptors (Lipinski definition) is 6. The van der Waals surface area contributed by atoms with Gasteiger partial charge < -0.3 is 31.0 Å². The van der Waals surface area contributed by atoms with Crippen LogP contribution >= 0.6 is 15.6 Å². The molecule has 10 nitrogen and oxygen atoms in total. The summed E-state index contributed by atoms with van der Waals surface area (Å²) >= 11 is 0. The lowest BCUT2D eigenvalue weighted by molar-refractivity contribution is 0.191. The highest BCUT2D eigenvalue weighted by molar-refractivity contribution is 7.46. The van der Waals surface area contributed by atoms with Crippen LogP contribution in [0.2, 0.25) is 0 Å². The minimum Gasteiger partial charge on any atom is -0.330 e. The Labute approximate surface area is 271 Å². The van der Waals surface area contributed by atoms with Crippen LogP contribution in [-0.2, 0) is 18.2 Å². The molecule has 0 heterocycles. The summed E-state index contributed by atoms with van der Waals surface area (Å²) in [4.78, 5) is 33.6. The third-order valence-corrected chi connectivity index (χ3v) is 8.21. The zero-order valence-electron chi connectivity index (χ0n) is 28.7. The lowest BCUT2D eigenvalue weighted by atomic mass is 10.1. The van der Waals surface area contributed by atoms with Crippen molar-refractivity contribution in [3.63, 3.8) is 0 Å². The fourth-order valence-corrected chi connectivity index (χ4v) is 5.28. The number of hydrogen-bond donors (Lipinski definition) is 6. The van der Waals surface area contributed by atoms with Crippen molar-refractivity contribution in [3.05, 3.63) is 0 Å². The van der Waals surface area contributed by atoms with Gasteiger partial charge in [0.1, 0.15) is 0 Å². The first-order chi connectivity index (χ1) is 21.0. The number of unbranched alkanes of at least 4 members (excludes halogenated alkanes) is 23. The van der Waals surface area contributed by atoms with Crippen LogP contribution in [0.1, 0.15) is 181 Å². The zero-order chi connectivity index (χ0) is 33.6. The van der Waals surface area contributed by atoms with E-state index < -0.39 is 15.6 Å². The summed E-state index contributed by atoms with van der Waals surface area (Å²) in [6.07, 6.45) is 31.9. The van der Waals surface area contributed by atoms with Gasteiger partial charge in [-0.25, -0.2) is 9.13 Å². The first-order valence-electron chi connectivity index (χ1n) is 17.8. The molecule has 0 unspecified atom stereocenters. The summed E-state index contributed by atoms with van der Waals surface area (Å²) in [6.45, 7) is 6.44. The summed E-state index contributed by atoms with van der Waals surface area (Å²) in [5.74, 6) is 0. The molecular weight excluding hydrogens is 602 g/mol. The molecule has 270 valence electrons. The molecular formula is C32H74N2O8P2. The first-order valence-corrected chi connectivity index (χ1v) is 20.9. The Bertz CT molecular complexity index is 569. The van der Waals surface area contributed by atoms with Crippen molar-refractivity contribution in [3.8, 4) is 0 Å². The van der Waals surface area contributed by atoms with Crippen LogP contribution in [0.15, 0.2) is 0 Å². The Morgan fingerprint density at radius 1 is 0.386 bits per heavy atom. The predicted octanol–water partition coefficient (Wildman–Crippen LogP) is 9.28. The molecule has 0 spiro atoms. The molecule has 0 aromatic heterocycles. The molecule has 0 aromatic rings. The van der Waals surface area contributed by atoms with Gasteiger partial charge in [-0.05, 0) is 38.8 Å². The van der Waals surface area contributed by atoms with E-state index >= 15 is 0 Å². The second-order valence-corrected chi connectivity index (χ2v) is 14.2. The normalized spacial score (nSPS) is 11.5. The molecule has 0 bridgehead atoms. The Morgan fingerprint density at radius 2 is 0.591 bits per heavy atom. The molecule has 0 amide bonds. The SMILES string of the molecule is CCCCCCCCCCOP(=O)(O)O.CCCCCCCCCCOP(=O)(O)O.NCCCCCCCCCCCCN. The minimum atomic E-state index is -4.24. The highest BCUT2D eigenvalue weighted by Crippen LogP contribution is 2.36. The molecule has 0 aromatic carbocycles. The van der Waals surface area contributed by atoms with Crippen LogP contribution in [-0.4, -0.2) is 45.9 Å². The monoisotopic (exact) mass is 676 g/mol. The van der Waals surface area contributed by atoms with Gasteiger partial charge in [0, 0.05) is 0 Å². The van der Waals surface area contributed by atoms with E-state index in [-0.39, 0.29) is 13.2 Å². The highest BCUT2D eigenvalue weighted by Gasteiger charge is 2.12. The van der Waals surface area contributed by atoms with Gasteiger partial charge in [0.25, 0.3) is 0 Å². The van der Waals surface area contributed by atoms with E-state index in [9.17, 15) is 9.13 Å². The standard InChI is InChI=1S/C12H28N2.2C10H23O4P/c13-11-9-7-5-3-1-2-4-6-8-10-12-14;2*1-2-3-4-5-6-7-8-9-10-14-15(11,12)13/h1-14H2;2*2-10H2,1H3,(H2,11,12,13). The van der Waals surface area contributed by atoms with E-state index in [1.54, 1.807) is 0 Å². The van der Waals surface area contributed by atoms with Crippen molar-refractivity contribution in [2.24, 2.45) is 11.5 Å². The molecule has 0 aliphatic rings. The molecule has 0 saturated heterocycles. The number of nitrogens with two attached hydrogens (primary N) is 2. The van der Waals surface area contributed by atoms with E-state index in [2.05, 4.69) is 22.9 Å². The summed E-state index contributed by atoms with van der Waals surface area (Å²) < 4.78 is 29.3. The lowest BCUT2D eigenvalue weighted by Gasteiger charge is -2.04. The van der Waals surface area contributed by atoms with Crippen LogP contribution < -0.4 is 11.5 Å². The third-order valence-electron chi connectivity index (χ3n) is 7.17. The Morgan fingerprint density at radius 3 is 0.795 bits per heavy atom. The number of rotatable bonds is 31. The fourth-order valence-electron chi connectivity index (χ4n) is 4.54. The van der Waals surface area contributed by atoms with E-state index in [0.717, 1.165) is 51.6 Å². The Hall–Kier alpha value is 0.140. The summed E-state index contributed by atoms with van der Waals surface area (Å²) in [5.41, 5.74) is 10.9. The van der Waals surface area contributed by atoms with Gasteiger partial charge in [-0.1, -0.05) is 155 Å². The Kier molecular flexibility index (Phi) is 43.4. The minimum absolute atomic E-state index is 0.166. The van der Waals surface area contributed by atoms with E-state index in [1.165, 1.54) is 128 Å². The molecule has 0 saturated carbocycles. The van der Waals surface area contributed by atoms with Crippen LogP contribution in [0.25, 0.3) is 0 Å². The molecule has 8 N–H and O–H groups in total. The van der Waals surface area contributed by atoms with Crippen LogP contribution in [0.5, 0.6) is 0 Å². The van der Waals surface area contributed by atoms with Gasteiger partial charge in [0.15, 0.2) is 0 Å². The molecule has 0 atom stereocenters. The van der Waals surface area contributed by atoms with Crippen molar-refractivity contribution in [2.75, 3.05) is 26.3 Å². The molecule has 0 fully saturated rings. The Balaban J connectivity index is -0.000000574. The van der Waals surface area contributed by atoms with E-state index in [1.807, 2.05) is 0 Å². The van der Waals surface area contributed by atoms with E-state index in [0.29, 0.717) is 0 Å². The van der Waals surface area contributed by atoms with E-state index in [4.69, 9.17) is 31.0 Å². The van der Waals surface area contributed by atoms with Crippen molar-refractivity contribution in [1.29, 1.82) is 0 Å². The van der Waals surface area contributed by atoms with Crippen molar-refractivity contribution in [1.82, 2.24) is 0 Å². The van der Waals surface area contributed by atoms with Gasteiger partial charge in [-0.3, -0.25) is 9.05 Å². The maximum absolute atomic E-state index is 10.3. The second kappa shape index (κ2) is 39.3. The van der Waals surface area contributed by atoms with Gasteiger partial charge >= 0.3 is 15.6 Å². The molecule has 44 heavy (non-hydrogen) atoms. The van der Waals surface area contributed by atoms with Gasteiger partial charge in [-0.15, -0.1) is 0 Å². The maximum atomic E-state index is 10.3. The van der Waals surface area contributed by atoms with Gasteiger partial charge in [0.05, 0.1) is 13.2 Å². The van der Waals surface area contributed by atoms with Crippen molar-refractivity contribution >= 4 is 15.6 Å². The summed E-state index contributed by atoms with van der Waals surface area (Å²) in [5, 5.41) is 0. The first kappa shape index (κ1) is 48.5. The average molecular weight is 677 g/mol. The topological polar surface area (TPSA) is 186 Å². The maximum Gasteiger partial charge on any atom is 0.469 e. The largest absolute Gasteiger partial charge is 0.469 e. The lowest BCUT2D eigenvalue weighted by Crippen LogP contribution is -1.97. The second-order valence-electron chi connectivity index (χ2n) is 11.7. The van der Waals surface area contributed by atoms with Crippen LogP contribution in [0.4, 0.5) is 0 Å². The van der Waals surface area contributed by atoms with Gasteiger partial charge in [-0.2, -0.15) is 0 Å². The van der Waals surface area contributed by atoms with Crippen molar-refractivity contribution in [2.45, 2.75) is 181 Å². The van der Waals surface area contributed by atoms with Crippen LogP contribution in [0.3, 0.4) is 0 Å². The van der Waals surface area contributed by atoms with Crippen LogP contribution in [0, 0.1) is 0 Å². The molecule has 0 aliphatic carbocycles. The summed E-state index contributed by atoms with van der Waals surface area (Å²) in [6, 6.07) is 0. The molecule has 0 aliphatic heterocycles. The summed E-state index contributed by atoms with van der Waals surface area (Å²) in [7, 11) is -8.47.